The number of rotatable bonds is 4. The third-order valence-corrected chi connectivity index (χ3v) is 4.97. The molecule has 0 bridgehead atoms. The lowest BCUT2D eigenvalue weighted by atomic mass is 9.93. The molecule has 0 saturated carbocycles. The number of amides is 1. The number of likely N-dealkylation sites (tertiary alicyclic amines) is 2. The first-order chi connectivity index (χ1) is 10.9. The lowest BCUT2D eigenvalue weighted by molar-refractivity contribution is 0.0148. The predicted octanol–water partition coefficient (Wildman–Crippen LogP) is 2.87. The Balaban J connectivity index is 1.76. The van der Waals surface area contributed by atoms with Crippen molar-refractivity contribution in [2.45, 2.75) is 70.9 Å². The van der Waals surface area contributed by atoms with Crippen molar-refractivity contribution in [3.63, 3.8) is 0 Å². The second-order valence-electron chi connectivity index (χ2n) is 8.07. The first-order valence-electron chi connectivity index (χ1n) is 9.22. The van der Waals surface area contributed by atoms with Crippen molar-refractivity contribution in [1.29, 1.82) is 0 Å². The zero-order valence-electron chi connectivity index (χ0n) is 15.1. The molecule has 2 rings (SSSR count). The second kappa shape index (κ2) is 8.34. The third-order valence-electron chi connectivity index (χ3n) is 4.97. The molecule has 0 radical (unpaired) electrons. The smallest absolute Gasteiger partial charge is 0.410 e. The standard InChI is InChI=1S/C18H34N2O3/c1-18(2,3)23-17(22)19-11-7-15(8-12-19)14-20-10-5-4-6-16(20)9-13-21/h15-16,21H,4-14H2,1-3H3/t16-/m0/s1. The van der Waals surface area contributed by atoms with Crippen LogP contribution in [0, 0.1) is 5.92 Å². The quantitative estimate of drug-likeness (QED) is 0.863. The van der Waals surface area contributed by atoms with Crippen LogP contribution < -0.4 is 0 Å². The van der Waals surface area contributed by atoms with Gasteiger partial charge in [-0.2, -0.15) is 0 Å². The lowest BCUT2D eigenvalue weighted by Gasteiger charge is -2.40. The molecule has 0 aromatic carbocycles. The molecule has 2 heterocycles. The van der Waals surface area contributed by atoms with Crippen molar-refractivity contribution in [3.8, 4) is 0 Å². The molecular formula is C18H34N2O3. The van der Waals surface area contributed by atoms with Gasteiger partial charge in [-0.1, -0.05) is 6.42 Å². The molecule has 1 atom stereocenters. The molecule has 5 nitrogen and oxygen atoms in total. The summed E-state index contributed by atoms with van der Waals surface area (Å²) in [5.41, 5.74) is -0.417. The molecule has 2 saturated heterocycles. The van der Waals surface area contributed by atoms with Gasteiger partial charge < -0.3 is 19.6 Å². The highest BCUT2D eigenvalue weighted by Crippen LogP contribution is 2.25. The van der Waals surface area contributed by atoms with Crippen LogP contribution in [-0.4, -0.2) is 65.4 Å². The topological polar surface area (TPSA) is 53.0 Å². The van der Waals surface area contributed by atoms with Crippen LogP contribution in [0.4, 0.5) is 4.79 Å². The fourth-order valence-electron chi connectivity index (χ4n) is 3.73. The van der Waals surface area contributed by atoms with Gasteiger partial charge in [0, 0.05) is 32.3 Å². The van der Waals surface area contributed by atoms with E-state index in [4.69, 9.17) is 4.74 Å². The SMILES string of the molecule is CC(C)(C)OC(=O)N1CCC(CN2CCCC[C@H]2CCO)CC1. The van der Waals surface area contributed by atoms with Gasteiger partial charge in [0.15, 0.2) is 0 Å². The molecular weight excluding hydrogens is 292 g/mol. The lowest BCUT2D eigenvalue weighted by Crippen LogP contribution is -2.46. The zero-order chi connectivity index (χ0) is 16.9. The Hall–Kier alpha value is -0.810. The molecule has 0 unspecified atom stereocenters. The van der Waals surface area contributed by atoms with E-state index in [1.54, 1.807) is 0 Å². The fourth-order valence-corrected chi connectivity index (χ4v) is 3.73. The summed E-state index contributed by atoms with van der Waals surface area (Å²) in [5.74, 6) is 0.660. The molecule has 2 fully saturated rings. The Morgan fingerprint density at radius 1 is 1.13 bits per heavy atom. The van der Waals surface area contributed by atoms with Crippen molar-refractivity contribution in [2.75, 3.05) is 32.8 Å². The van der Waals surface area contributed by atoms with Gasteiger partial charge in [0.2, 0.25) is 0 Å². The first kappa shape index (κ1) is 18.5. The van der Waals surface area contributed by atoms with Crippen LogP contribution in [0.15, 0.2) is 0 Å². The maximum atomic E-state index is 12.1. The summed E-state index contributed by atoms with van der Waals surface area (Å²) in [5, 5.41) is 9.25. The largest absolute Gasteiger partial charge is 0.444 e. The monoisotopic (exact) mass is 326 g/mol. The van der Waals surface area contributed by atoms with Crippen molar-refractivity contribution in [1.82, 2.24) is 9.80 Å². The van der Waals surface area contributed by atoms with Gasteiger partial charge in [0.05, 0.1) is 0 Å². The van der Waals surface area contributed by atoms with Crippen LogP contribution in [0.25, 0.3) is 0 Å². The molecule has 0 aromatic heterocycles. The molecule has 134 valence electrons. The average molecular weight is 326 g/mol. The molecule has 0 aromatic rings. The predicted molar refractivity (Wildman–Crippen MR) is 91.4 cm³/mol. The number of carbonyl (C=O) groups excluding carboxylic acids is 1. The van der Waals surface area contributed by atoms with Crippen LogP contribution in [0.3, 0.4) is 0 Å². The van der Waals surface area contributed by atoms with Gasteiger partial charge >= 0.3 is 6.09 Å². The average Bonchev–Trinajstić information content (AvgIpc) is 2.48. The van der Waals surface area contributed by atoms with E-state index in [0.29, 0.717) is 12.0 Å². The van der Waals surface area contributed by atoms with E-state index in [2.05, 4.69) is 4.90 Å². The Labute approximate surface area is 141 Å². The molecule has 0 aliphatic carbocycles. The minimum Gasteiger partial charge on any atom is -0.444 e. The molecule has 1 amide bonds. The normalized spacial score (nSPS) is 24.7. The number of aliphatic hydroxyl groups excluding tert-OH is 1. The number of nitrogens with zero attached hydrogens (tertiary/aromatic N) is 2. The van der Waals surface area contributed by atoms with E-state index < -0.39 is 5.60 Å². The highest BCUT2D eigenvalue weighted by atomic mass is 16.6. The number of hydrogen-bond acceptors (Lipinski definition) is 4. The number of carbonyl (C=O) groups is 1. The van der Waals surface area contributed by atoms with Crippen LogP contribution in [0.2, 0.25) is 0 Å². The molecule has 23 heavy (non-hydrogen) atoms. The summed E-state index contributed by atoms with van der Waals surface area (Å²) in [6, 6.07) is 0.553. The van der Waals surface area contributed by atoms with E-state index in [9.17, 15) is 9.90 Å². The van der Waals surface area contributed by atoms with Gasteiger partial charge in [-0.25, -0.2) is 4.79 Å². The number of ether oxygens (including phenoxy) is 1. The Morgan fingerprint density at radius 3 is 2.43 bits per heavy atom. The summed E-state index contributed by atoms with van der Waals surface area (Å²) < 4.78 is 5.46. The fraction of sp³-hybridized carbons (Fsp3) is 0.944. The molecule has 1 N–H and O–H groups in total. The van der Waals surface area contributed by atoms with E-state index >= 15 is 0 Å². The van der Waals surface area contributed by atoms with E-state index in [0.717, 1.165) is 45.4 Å². The maximum Gasteiger partial charge on any atom is 0.410 e. The highest BCUT2D eigenvalue weighted by Gasteiger charge is 2.29. The maximum absolute atomic E-state index is 12.1. The zero-order valence-corrected chi connectivity index (χ0v) is 15.1. The first-order valence-corrected chi connectivity index (χ1v) is 9.22. The van der Waals surface area contributed by atoms with Gasteiger partial charge in [0.1, 0.15) is 5.60 Å². The third kappa shape index (κ3) is 5.96. The van der Waals surface area contributed by atoms with E-state index in [-0.39, 0.29) is 12.7 Å². The number of hydrogen-bond donors (Lipinski definition) is 1. The number of piperidine rings is 2. The van der Waals surface area contributed by atoms with Crippen molar-refractivity contribution >= 4 is 6.09 Å². The van der Waals surface area contributed by atoms with Crippen LogP contribution in [0.1, 0.15) is 59.3 Å². The van der Waals surface area contributed by atoms with Crippen molar-refractivity contribution < 1.29 is 14.6 Å². The van der Waals surface area contributed by atoms with Gasteiger partial charge in [-0.3, -0.25) is 0 Å². The Kier molecular flexibility index (Phi) is 6.72. The minimum absolute atomic E-state index is 0.174. The summed E-state index contributed by atoms with van der Waals surface area (Å²) >= 11 is 0. The summed E-state index contributed by atoms with van der Waals surface area (Å²) in [7, 11) is 0. The molecule has 2 aliphatic heterocycles. The molecule has 0 spiro atoms. The molecule has 2 aliphatic rings. The Bertz CT molecular complexity index is 371. The van der Waals surface area contributed by atoms with Crippen LogP contribution in [-0.2, 0) is 4.74 Å². The minimum atomic E-state index is -0.417. The van der Waals surface area contributed by atoms with Crippen LogP contribution in [0.5, 0.6) is 0 Å². The van der Waals surface area contributed by atoms with Crippen molar-refractivity contribution in [3.05, 3.63) is 0 Å². The molecule has 5 heteroatoms. The summed E-state index contributed by atoms with van der Waals surface area (Å²) in [4.78, 5) is 16.5. The van der Waals surface area contributed by atoms with Gasteiger partial charge in [-0.15, -0.1) is 0 Å². The van der Waals surface area contributed by atoms with E-state index in [1.807, 2.05) is 25.7 Å². The van der Waals surface area contributed by atoms with Crippen molar-refractivity contribution in [2.24, 2.45) is 5.92 Å². The van der Waals surface area contributed by atoms with Crippen LogP contribution >= 0.6 is 0 Å². The van der Waals surface area contributed by atoms with Gasteiger partial charge in [0.25, 0.3) is 0 Å². The highest BCUT2D eigenvalue weighted by molar-refractivity contribution is 5.68. The Morgan fingerprint density at radius 2 is 1.83 bits per heavy atom. The van der Waals surface area contributed by atoms with Gasteiger partial charge in [-0.05, 0) is 65.3 Å². The van der Waals surface area contributed by atoms with E-state index in [1.165, 1.54) is 19.3 Å². The second-order valence-corrected chi connectivity index (χ2v) is 8.07. The number of aliphatic hydroxyl groups is 1. The summed E-state index contributed by atoms with van der Waals surface area (Å²) in [6.45, 7) is 9.91. The summed E-state index contributed by atoms with van der Waals surface area (Å²) in [6.07, 6.45) is 6.63.